The van der Waals surface area contributed by atoms with E-state index in [2.05, 4.69) is 16.0 Å². The van der Waals surface area contributed by atoms with Crippen LogP contribution in [0.25, 0.3) is 0 Å². The summed E-state index contributed by atoms with van der Waals surface area (Å²) in [5.74, 6) is -0.580. The van der Waals surface area contributed by atoms with Gasteiger partial charge in [-0.1, -0.05) is 6.92 Å². The number of hydrogen-bond donors (Lipinski definition) is 3. The molecule has 0 radical (unpaired) electrons. The highest BCUT2D eigenvalue weighted by molar-refractivity contribution is 5.96. The maximum atomic E-state index is 12.3. The summed E-state index contributed by atoms with van der Waals surface area (Å²) in [5.41, 5.74) is -0.413. The average Bonchev–Trinajstić information content (AvgIpc) is 2.42. The van der Waals surface area contributed by atoms with E-state index in [9.17, 15) is 22.8 Å². The van der Waals surface area contributed by atoms with Crippen LogP contribution in [0.5, 0.6) is 0 Å². The number of carbonyl (C=O) groups excluding carboxylic acids is 2. The molecule has 21 heavy (non-hydrogen) atoms. The number of urea groups is 1. The minimum absolute atomic E-state index is 0.217. The molecule has 0 fully saturated rings. The molecule has 0 aliphatic heterocycles. The highest BCUT2D eigenvalue weighted by atomic mass is 19.4. The fourth-order valence-electron chi connectivity index (χ4n) is 1.41. The first-order valence-electron chi connectivity index (χ1n) is 6.31. The first-order valence-corrected chi connectivity index (χ1v) is 6.31. The largest absolute Gasteiger partial charge is 0.416 e. The molecule has 3 amide bonds. The number of halogens is 3. The molecular weight excluding hydrogens is 287 g/mol. The maximum Gasteiger partial charge on any atom is 0.416 e. The lowest BCUT2D eigenvalue weighted by atomic mass is 10.2. The number of hydrogen-bond acceptors (Lipinski definition) is 3. The summed E-state index contributed by atoms with van der Waals surface area (Å²) in [6.45, 7) is 2.10. The van der Waals surface area contributed by atoms with E-state index in [1.165, 1.54) is 12.1 Å². The Hall–Kier alpha value is -2.25. The van der Waals surface area contributed by atoms with Gasteiger partial charge in [-0.15, -0.1) is 0 Å². The monoisotopic (exact) mass is 303 g/mol. The standard InChI is InChI=1S/C13H16F3N3O2/c1-2-7-17-12(21)19-11(20)8-18-10-5-3-9(4-6-10)13(14,15)16/h3-6,18H,2,7-8H2,1H3,(H2,17,19,20,21). The van der Waals surface area contributed by atoms with Crippen molar-refractivity contribution in [3.63, 3.8) is 0 Å². The van der Waals surface area contributed by atoms with Gasteiger partial charge in [-0.2, -0.15) is 13.2 Å². The molecule has 0 aromatic heterocycles. The molecule has 1 aromatic carbocycles. The molecule has 0 saturated heterocycles. The number of alkyl halides is 3. The number of benzene rings is 1. The fourth-order valence-corrected chi connectivity index (χ4v) is 1.41. The Morgan fingerprint density at radius 2 is 1.76 bits per heavy atom. The molecule has 0 aliphatic carbocycles. The number of carbonyl (C=O) groups is 2. The van der Waals surface area contributed by atoms with E-state index in [-0.39, 0.29) is 6.54 Å². The molecule has 0 bridgehead atoms. The van der Waals surface area contributed by atoms with Crippen molar-refractivity contribution < 1.29 is 22.8 Å². The number of anilines is 1. The summed E-state index contributed by atoms with van der Waals surface area (Å²) >= 11 is 0. The predicted molar refractivity (Wildman–Crippen MR) is 71.8 cm³/mol. The fraction of sp³-hybridized carbons (Fsp3) is 0.385. The zero-order valence-electron chi connectivity index (χ0n) is 11.4. The van der Waals surface area contributed by atoms with Crippen molar-refractivity contribution in [1.82, 2.24) is 10.6 Å². The second kappa shape index (κ2) is 7.51. The third-order valence-corrected chi connectivity index (χ3v) is 2.45. The van der Waals surface area contributed by atoms with Crippen molar-refractivity contribution in [2.45, 2.75) is 19.5 Å². The highest BCUT2D eigenvalue weighted by Crippen LogP contribution is 2.29. The third kappa shape index (κ3) is 6.15. The zero-order valence-corrected chi connectivity index (χ0v) is 11.4. The minimum atomic E-state index is -4.40. The molecule has 0 aliphatic rings. The summed E-state index contributed by atoms with van der Waals surface area (Å²) in [6.07, 6.45) is -3.65. The predicted octanol–water partition coefficient (Wildman–Crippen LogP) is 2.35. The van der Waals surface area contributed by atoms with Gasteiger partial charge in [0, 0.05) is 12.2 Å². The van der Waals surface area contributed by atoms with Crippen molar-refractivity contribution in [1.29, 1.82) is 0 Å². The Balaban J connectivity index is 2.41. The number of amides is 3. The van der Waals surface area contributed by atoms with Crippen LogP contribution in [0.3, 0.4) is 0 Å². The molecule has 116 valence electrons. The lowest BCUT2D eigenvalue weighted by Crippen LogP contribution is -2.42. The molecular formula is C13H16F3N3O2. The third-order valence-electron chi connectivity index (χ3n) is 2.45. The van der Waals surface area contributed by atoms with Crippen molar-refractivity contribution in [3.8, 4) is 0 Å². The van der Waals surface area contributed by atoms with Gasteiger partial charge in [-0.05, 0) is 30.7 Å². The van der Waals surface area contributed by atoms with Crippen LogP contribution in [0.1, 0.15) is 18.9 Å². The molecule has 5 nitrogen and oxygen atoms in total. The van der Waals surface area contributed by atoms with Crippen LogP contribution < -0.4 is 16.0 Å². The van der Waals surface area contributed by atoms with Gasteiger partial charge in [-0.25, -0.2) is 4.79 Å². The highest BCUT2D eigenvalue weighted by Gasteiger charge is 2.29. The van der Waals surface area contributed by atoms with Crippen molar-refractivity contribution in [2.75, 3.05) is 18.4 Å². The lowest BCUT2D eigenvalue weighted by molar-refractivity contribution is -0.137. The summed E-state index contributed by atoms with van der Waals surface area (Å²) in [5, 5.41) is 7.18. The van der Waals surface area contributed by atoms with Gasteiger partial charge in [0.1, 0.15) is 0 Å². The van der Waals surface area contributed by atoms with Gasteiger partial charge < -0.3 is 10.6 Å². The van der Waals surface area contributed by atoms with Crippen LogP contribution in [0, 0.1) is 0 Å². The molecule has 0 unspecified atom stereocenters. The zero-order chi connectivity index (χ0) is 15.9. The van der Waals surface area contributed by atoms with E-state index >= 15 is 0 Å². The Bertz CT molecular complexity index is 486. The van der Waals surface area contributed by atoms with E-state index < -0.39 is 23.7 Å². The summed E-state index contributed by atoms with van der Waals surface area (Å²) in [4.78, 5) is 22.6. The Morgan fingerprint density at radius 3 is 2.29 bits per heavy atom. The van der Waals surface area contributed by atoms with Gasteiger partial charge in [-0.3, -0.25) is 10.1 Å². The second-order valence-corrected chi connectivity index (χ2v) is 4.23. The molecule has 0 saturated carbocycles. The maximum absolute atomic E-state index is 12.3. The van der Waals surface area contributed by atoms with Gasteiger partial charge in [0.25, 0.3) is 0 Å². The number of rotatable bonds is 5. The van der Waals surface area contributed by atoms with E-state index in [0.29, 0.717) is 12.2 Å². The number of imide groups is 1. The van der Waals surface area contributed by atoms with Crippen LogP contribution in [0.2, 0.25) is 0 Å². The van der Waals surface area contributed by atoms with Crippen molar-refractivity contribution in [2.24, 2.45) is 0 Å². The molecule has 0 spiro atoms. The first-order chi connectivity index (χ1) is 9.82. The first kappa shape index (κ1) is 16.8. The van der Waals surface area contributed by atoms with E-state index in [1.54, 1.807) is 0 Å². The Labute approximate surface area is 119 Å². The van der Waals surface area contributed by atoms with Gasteiger partial charge in [0.05, 0.1) is 12.1 Å². The normalized spacial score (nSPS) is 10.9. The topological polar surface area (TPSA) is 70.2 Å². The van der Waals surface area contributed by atoms with Gasteiger partial charge in [0.2, 0.25) is 5.91 Å². The summed E-state index contributed by atoms with van der Waals surface area (Å²) in [7, 11) is 0. The van der Waals surface area contributed by atoms with Crippen LogP contribution in [-0.4, -0.2) is 25.0 Å². The molecule has 0 heterocycles. The molecule has 8 heteroatoms. The Morgan fingerprint density at radius 1 is 1.14 bits per heavy atom. The van der Waals surface area contributed by atoms with Gasteiger partial charge >= 0.3 is 12.2 Å². The quantitative estimate of drug-likeness (QED) is 0.782. The molecule has 1 aromatic rings. The SMILES string of the molecule is CCCNC(=O)NC(=O)CNc1ccc(C(F)(F)F)cc1. The van der Waals surface area contributed by atoms with Crippen LogP contribution in [0.4, 0.5) is 23.7 Å². The van der Waals surface area contributed by atoms with Crippen molar-refractivity contribution >= 4 is 17.6 Å². The van der Waals surface area contributed by atoms with E-state index in [4.69, 9.17) is 0 Å². The summed E-state index contributed by atoms with van der Waals surface area (Å²) < 4.78 is 37.0. The van der Waals surface area contributed by atoms with Crippen LogP contribution in [0.15, 0.2) is 24.3 Å². The van der Waals surface area contributed by atoms with E-state index in [0.717, 1.165) is 18.6 Å². The van der Waals surface area contributed by atoms with Crippen LogP contribution >= 0.6 is 0 Å². The smallest absolute Gasteiger partial charge is 0.376 e. The minimum Gasteiger partial charge on any atom is -0.376 e. The molecule has 1 rings (SSSR count). The van der Waals surface area contributed by atoms with Gasteiger partial charge in [0.15, 0.2) is 0 Å². The van der Waals surface area contributed by atoms with Crippen molar-refractivity contribution in [3.05, 3.63) is 29.8 Å². The second-order valence-electron chi connectivity index (χ2n) is 4.23. The van der Waals surface area contributed by atoms with E-state index in [1.807, 2.05) is 6.92 Å². The molecule has 0 atom stereocenters. The lowest BCUT2D eigenvalue weighted by Gasteiger charge is -2.10. The molecule has 3 N–H and O–H groups in total. The number of nitrogens with one attached hydrogen (secondary N) is 3. The Kier molecular flexibility index (Phi) is 6.01. The van der Waals surface area contributed by atoms with Crippen LogP contribution in [-0.2, 0) is 11.0 Å². The summed E-state index contributed by atoms with van der Waals surface area (Å²) in [6, 6.07) is 3.65. The average molecular weight is 303 g/mol.